The lowest BCUT2D eigenvalue weighted by atomic mass is 10.1. The fourth-order valence-corrected chi connectivity index (χ4v) is 3.18. The Morgan fingerprint density at radius 1 is 0.900 bits per heavy atom. The number of carbonyl (C=O) groups is 2. The van der Waals surface area contributed by atoms with E-state index in [4.69, 9.17) is 0 Å². The molecule has 154 valence electrons. The summed E-state index contributed by atoms with van der Waals surface area (Å²) in [6.45, 7) is 6.09. The second-order valence-electron chi connectivity index (χ2n) is 7.40. The average Bonchev–Trinajstić information content (AvgIpc) is 2.75. The van der Waals surface area contributed by atoms with Crippen molar-refractivity contribution < 1.29 is 9.59 Å². The van der Waals surface area contributed by atoms with Crippen LogP contribution < -0.4 is 16.0 Å². The van der Waals surface area contributed by atoms with Gasteiger partial charge in [-0.1, -0.05) is 48.0 Å². The summed E-state index contributed by atoms with van der Waals surface area (Å²) in [5, 5.41) is 8.99. The van der Waals surface area contributed by atoms with Gasteiger partial charge in [0.2, 0.25) is 5.91 Å². The summed E-state index contributed by atoms with van der Waals surface area (Å²) >= 11 is 0. The molecule has 5 heteroatoms. The number of aryl methyl sites for hydroxylation is 2. The first-order valence-electron chi connectivity index (χ1n) is 9.99. The molecule has 30 heavy (non-hydrogen) atoms. The van der Waals surface area contributed by atoms with Crippen LogP contribution in [-0.4, -0.2) is 18.4 Å². The minimum atomic E-state index is -0.134. The molecule has 3 aromatic rings. The summed E-state index contributed by atoms with van der Waals surface area (Å²) in [6, 6.07) is 22.8. The molecule has 3 rings (SSSR count). The van der Waals surface area contributed by atoms with E-state index in [0.29, 0.717) is 5.56 Å². The first kappa shape index (κ1) is 21.1. The van der Waals surface area contributed by atoms with Gasteiger partial charge < -0.3 is 16.0 Å². The number of carbonyl (C=O) groups excluding carboxylic acids is 2. The largest absolute Gasteiger partial charge is 0.376 e. The monoisotopic (exact) mass is 401 g/mol. The van der Waals surface area contributed by atoms with Gasteiger partial charge in [-0.05, 0) is 62.2 Å². The molecule has 2 amide bonds. The minimum absolute atomic E-state index is 0.0783. The molecule has 0 aromatic heterocycles. The van der Waals surface area contributed by atoms with Crippen LogP contribution in [-0.2, 0) is 4.79 Å². The van der Waals surface area contributed by atoms with Gasteiger partial charge in [0.05, 0.1) is 12.6 Å². The molecule has 0 aliphatic heterocycles. The molecule has 1 atom stereocenters. The molecular formula is C25H27N3O2. The van der Waals surface area contributed by atoms with Crippen molar-refractivity contribution in [3.8, 4) is 0 Å². The fourth-order valence-electron chi connectivity index (χ4n) is 3.18. The average molecular weight is 402 g/mol. The Hall–Kier alpha value is -3.60. The Morgan fingerprint density at radius 2 is 1.60 bits per heavy atom. The molecule has 0 saturated heterocycles. The number of anilines is 2. The zero-order valence-corrected chi connectivity index (χ0v) is 17.5. The Kier molecular flexibility index (Phi) is 6.86. The molecule has 0 heterocycles. The zero-order chi connectivity index (χ0) is 21.5. The molecule has 0 spiro atoms. The second kappa shape index (κ2) is 9.74. The molecule has 0 bridgehead atoms. The van der Waals surface area contributed by atoms with E-state index in [1.807, 2.05) is 69.3 Å². The van der Waals surface area contributed by atoms with E-state index in [1.165, 1.54) is 0 Å². The number of benzene rings is 3. The van der Waals surface area contributed by atoms with Crippen molar-refractivity contribution in [2.45, 2.75) is 26.8 Å². The van der Waals surface area contributed by atoms with Crippen LogP contribution in [0.3, 0.4) is 0 Å². The lowest BCUT2D eigenvalue weighted by Gasteiger charge is -2.14. The highest BCUT2D eigenvalue weighted by Gasteiger charge is 2.11. The summed E-state index contributed by atoms with van der Waals surface area (Å²) in [5.74, 6) is -0.258. The van der Waals surface area contributed by atoms with Crippen molar-refractivity contribution in [3.05, 3.63) is 95.1 Å². The van der Waals surface area contributed by atoms with Crippen molar-refractivity contribution >= 4 is 23.2 Å². The first-order valence-corrected chi connectivity index (χ1v) is 9.99. The molecule has 3 aromatic carbocycles. The second-order valence-corrected chi connectivity index (χ2v) is 7.40. The summed E-state index contributed by atoms with van der Waals surface area (Å²) in [6.07, 6.45) is 0. The third kappa shape index (κ3) is 5.70. The Labute approximate surface area is 177 Å². The minimum Gasteiger partial charge on any atom is -0.376 e. The summed E-state index contributed by atoms with van der Waals surface area (Å²) in [7, 11) is 0. The van der Waals surface area contributed by atoms with Crippen molar-refractivity contribution in [2.24, 2.45) is 0 Å². The van der Waals surface area contributed by atoms with Crippen LogP contribution in [0.4, 0.5) is 11.4 Å². The van der Waals surface area contributed by atoms with E-state index in [9.17, 15) is 9.59 Å². The van der Waals surface area contributed by atoms with Gasteiger partial charge in [0.1, 0.15) is 0 Å². The van der Waals surface area contributed by atoms with Gasteiger partial charge in [-0.2, -0.15) is 0 Å². The predicted molar refractivity (Wildman–Crippen MR) is 122 cm³/mol. The van der Waals surface area contributed by atoms with Crippen molar-refractivity contribution in [3.63, 3.8) is 0 Å². The normalized spacial score (nSPS) is 11.4. The van der Waals surface area contributed by atoms with Crippen LogP contribution in [0.1, 0.15) is 40.0 Å². The maximum Gasteiger partial charge on any atom is 0.251 e. The summed E-state index contributed by atoms with van der Waals surface area (Å²) < 4.78 is 0. The van der Waals surface area contributed by atoms with E-state index < -0.39 is 0 Å². The molecule has 3 N–H and O–H groups in total. The highest BCUT2D eigenvalue weighted by atomic mass is 16.2. The Balaban J connectivity index is 1.51. The molecule has 0 saturated carbocycles. The lowest BCUT2D eigenvalue weighted by Crippen LogP contribution is -2.26. The summed E-state index contributed by atoms with van der Waals surface area (Å²) in [5.41, 5.74) is 5.40. The number of nitrogens with one attached hydrogen (secondary N) is 3. The number of rotatable bonds is 7. The van der Waals surface area contributed by atoms with Gasteiger partial charge in [0.15, 0.2) is 0 Å². The molecule has 0 aliphatic rings. The highest BCUT2D eigenvalue weighted by molar-refractivity contribution is 5.96. The van der Waals surface area contributed by atoms with Gasteiger partial charge in [-0.15, -0.1) is 0 Å². The van der Waals surface area contributed by atoms with Crippen LogP contribution >= 0.6 is 0 Å². The van der Waals surface area contributed by atoms with Crippen LogP contribution in [0.5, 0.6) is 0 Å². The van der Waals surface area contributed by atoms with Crippen molar-refractivity contribution in [2.75, 3.05) is 17.2 Å². The highest BCUT2D eigenvalue weighted by Crippen LogP contribution is 2.16. The van der Waals surface area contributed by atoms with Gasteiger partial charge in [0.25, 0.3) is 5.91 Å². The SMILES string of the molecule is Cc1ccc(NC(=O)CNc2ccc(C(=O)NC(C)c3ccccc3)cc2)c(C)c1. The number of hydrogen-bond donors (Lipinski definition) is 3. The van der Waals surface area contributed by atoms with E-state index in [2.05, 4.69) is 16.0 Å². The molecular weight excluding hydrogens is 374 g/mol. The smallest absolute Gasteiger partial charge is 0.251 e. The number of hydrogen-bond acceptors (Lipinski definition) is 3. The molecule has 5 nitrogen and oxygen atoms in total. The van der Waals surface area contributed by atoms with Crippen LogP contribution in [0, 0.1) is 13.8 Å². The van der Waals surface area contributed by atoms with Gasteiger partial charge in [-0.3, -0.25) is 9.59 Å². The van der Waals surface area contributed by atoms with Crippen molar-refractivity contribution in [1.82, 2.24) is 5.32 Å². The van der Waals surface area contributed by atoms with Crippen LogP contribution in [0.2, 0.25) is 0 Å². The van der Waals surface area contributed by atoms with E-state index in [0.717, 1.165) is 28.1 Å². The van der Waals surface area contributed by atoms with Gasteiger partial charge in [-0.25, -0.2) is 0 Å². The topological polar surface area (TPSA) is 70.2 Å². The van der Waals surface area contributed by atoms with E-state index in [1.54, 1.807) is 24.3 Å². The lowest BCUT2D eigenvalue weighted by molar-refractivity contribution is -0.114. The van der Waals surface area contributed by atoms with Gasteiger partial charge in [0, 0.05) is 16.9 Å². The maximum atomic E-state index is 12.5. The fraction of sp³-hybridized carbons (Fsp3) is 0.200. The Morgan fingerprint density at radius 3 is 2.27 bits per heavy atom. The Bertz CT molecular complexity index is 1010. The van der Waals surface area contributed by atoms with Crippen LogP contribution in [0.25, 0.3) is 0 Å². The third-order valence-corrected chi connectivity index (χ3v) is 4.90. The molecule has 0 radical (unpaired) electrons. The molecule has 1 unspecified atom stereocenters. The van der Waals surface area contributed by atoms with E-state index >= 15 is 0 Å². The maximum absolute atomic E-state index is 12.5. The third-order valence-electron chi connectivity index (χ3n) is 4.90. The quantitative estimate of drug-likeness (QED) is 0.530. The van der Waals surface area contributed by atoms with E-state index in [-0.39, 0.29) is 24.4 Å². The summed E-state index contributed by atoms with van der Waals surface area (Å²) in [4.78, 5) is 24.7. The zero-order valence-electron chi connectivity index (χ0n) is 17.5. The predicted octanol–water partition coefficient (Wildman–Crippen LogP) is 4.85. The first-order chi connectivity index (χ1) is 14.4. The van der Waals surface area contributed by atoms with Gasteiger partial charge >= 0.3 is 0 Å². The number of amides is 2. The molecule has 0 fully saturated rings. The van der Waals surface area contributed by atoms with Crippen LogP contribution in [0.15, 0.2) is 72.8 Å². The molecule has 0 aliphatic carbocycles. The van der Waals surface area contributed by atoms with Crippen molar-refractivity contribution in [1.29, 1.82) is 0 Å². The standard InChI is InChI=1S/C25H27N3O2/c1-17-9-14-23(18(2)15-17)28-24(29)16-26-22-12-10-21(11-13-22)25(30)27-19(3)20-7-5-4-6-8-20/h4-15,19,26H,16H2,1-3H3,(H,27,30)(H,28,29).